The van der Waals surface area contributed by atoms with Gasteiger partial charge in [-0.05, 0) is 79.2 Å². The Morgan fingerprint density at radius 3 is 2.29 bits per heavy atom. The molecule has 0 bridgehead atoms. The maximum Gasteiger partial charge on any atom is 0.126 e. The number of rotatable bonds is 3. The van der Waals surface area contributed by atoms with Gasteiger partial charge in [-0.15, -0.1) is 0 Å². The minimum atomic E-state index is -0.254. The molecule has 1 fully saturated rings. The van der Waals surface area contributed by atoms with E-state index in [1.54, 1.807) is 18.2 Å². The zero-order valence-corrected chi connectivity index (χ0v) is 11.9. The average molecular weight is 287 g/mol. The van der Waals surface area contributed by atoms with Gasteiger partial charge in [0.2, 0.25) is 0 Å². The van der Waals surface area contributed by atoms with E-state index in [9.17, 15) is 8.78 Å². The van der Waals surface area contributed by atoms with Crippen LogP contribution in [0.3, 0.4) is 0 Å². The minimum absolute atomic E-state index is 0.139. The maximum atomic E-state index is 14.0. The van der Waals surface area contributed by atoms with Gasteiger partial charge in [0.1, 0.15) is 11.6 Å². The van der Waals surface area contributed by atoms with Crippen molar-refractivity contribution < 1.29 is 8.78 Å². The SMILES string of the molecule is Fc1ccc(-c2ccc(F)c(CC3CCNCC3)c2)cc1. The Morgan fingerprint density at radius 1 is 0.905 bits per heavy atom. The molecule has 1 saturated heterocycles. The second-order valence-electron chi connectivity index (χ2n) is 5.71. The Morgan fingerprint density at radius 2 is 1.57 bits per heavy atom. The summed E-state index contributed by atoms with van der Waals surface area (Å²) in [5, 5.41) is 3.33. The number of hydrogen-bond acceptors (Lipinski definition) is 1. The molecule has 0 aromatic heterocycles. The van der Waals surface area contributed by atoms with Crippen LogP contribution in [0.4, 0.5) is 8.78 Å². The van der Waals surface area contributed by atoms with E-state index in [-0.39, 0.29) is 11.6 Å². The third-order valence-corrected chi connectivity index (χ3v) is 4.19. The number of halogens is 2. The molecule has 2 aromatic carbocycles. The van der Waals surface area contributed by atoms with Crippen molar-refractivity contribution >= 4 is 0 Å². The van der Waals surface area contributed by atoms with Crippen LogP contribution in [0.15, 0.2) is 42.5 Å². The normalized spacial score (nSPS) is 16.1. The first-order chi connectivity index (χ1) is 10.2. The fourth-order valence-corrected chi connectivity index (χ4v) is 2.95. The molecule has 3 heteroatoms. The topological polar surface area (TPSA) is 12.0 Å². The van der Waals surface area contributed by atoms with Crippen molar-refractivity contribution in [3.63, 3.8) is 0 Å². The molecular formula is C18H19F2N. The van der Waals surface area contributed by atoms with Crippen molar-refractivity contribution in [2.45, 2.75) is 19.3 Å². The van der Waals surface area contributed by atoms with Crippen molar-refractivity contribution in [1.82, 2.24) is 5.32 Å². The molecule has 0 saturated carbocycles. The van der Waals surface area contributed by atoms with E-state index in [0.29, 0.717) is 5.92 Å². The van der Waals surface area contributed by atoms with Gasteiger partial charge in [-0.2, -0.15) is 0 Å². The molecule has 3 rings (SSSR count). The summed E-state index contributed by atoms with van der Waals surface area (Å²) >= 11 is 0. The molecule has 0 aliphatic carbocycles. The zero-order chi connectivity index (χ0) is 14.7. The summed E-state index contributed by atoms with van der Waals surface area (Å²) < 4.78 is 27.0. The van der Waals surface area contributed by atoms with Gasteiger partial charge in [-0.3, -0.25) is 0 Å². The molecule has 0 unspecified atom stereocenters. The summed E-state index contributed by atoms with van der Waals surface area (Å²) in [5.41, 5.74) is 2.63. The van der Waals surface area contributed by atoms with Gasteiger partial charge in [0.05, 0.1) is 0 Å². The Hall–Kier alpha value is -1.74. The Labute approximate surface area is 124 Å². The molecule has 2 aromatic rings. The van der Waals surface area contributed by atoms with Crippen LogP contribution in [0.2, 0.25) is 0 Å². The van der Waals surface area contributed by atoms with E-state index in [2.05, 4.69) is 5.32 Å². The fourth-order valence-electron chi connectivity index (χ4n) is 2.95. The van der Waals surface area contributed by atoms with Gasteiger partial charge in [-0.25, -0.2) is 8.78 Å². The van der Waals surface area contributed by atoms with E-state index in [4.69, 9.17) is 0 Å². The van der Waals surface area contributed by atoms with Gasteiger partial charge >= 0.3 is 0 Å². The lowest BCUT2D eigenvalue weighted by Gasteiger charge is -2.23. The lowest BCUT2D eigenvalue weighted by atomic mass is 9.89. The molecule has 1 heterocycles. The van der Waals surface area contributed by atoms with Crippen LogP contribution in [0, 0.1) is 17.6 Å². The van der Waals surface area contributed by atoms with E-state index < -0.39 is 0 Å². The molecule has 1 nitrogen and oxygen atoms in total. The highest BCUT2D eigenvalue weighted by Crippen LogP contribution is 2.26. The van der Waals surface area contributed by atoms with Crippen LogP contribution in [0.1, 0.15) is 18.4 Å². The quantitative estimate of drug-likeness (QED) is 0.893. The summed E-state index contributed by atoms with van der Waals surface area (Å²) in [5.74, 6) is 0.152. The second-order valence-corrected chi connectivity index (χ2v) is 5.71. The summed E-state index contributed by atoms with van der Waals surface area (Å²) in [6, 6.07) is 11.5. The lowest BCUT2D eigenvalue weighted by Crippen LogP contribution is -2.28. The molecule has 1 N–H and O–H groups in total. The van der Waals surface area contributed by atoms with Crippen LogP contribution in [0.5, 0.6) is 0 Å². The number of piperidine rings is 1. The highest BCUT2D eigenvalue weighted by Gasteiger charge is 2.16. The van der Waals surface area contributed by atoms with E-state index in [0.717, 1.165) is 49.0 Å². The van der Waals surface area contributed by atoms with Crippen LogP contribution in [-0.4, -0.2) is 13.1 Å². The van der Waals surface area contributed by atoms with E-state index in [1.807, 2.05) is 6.07 Å². The molecule has 21 heavy (non-hydrogen) atoms. The molecule has 0 spiro atoms. The smallest absolute Gasteiger partial charge is 0.126 e. The molecule has 0 atom stereocenters. The molecule has 110 valence electrons. The third kappa shape index (κ3) is 3.48. The van der Waals surface area contributed by atoms with Crippen LogP contribution in [-0.2, 0) is 6.42 Å². The summed E-state index contributed by atoms with van der Waals surface area (Å²) in [4.78, 5) is 0. The van der Waals surface area contributed by atoms with Gasteiger partial charge < -0.3 is 5.32 Å². The first-order valence-corrected chi connectivity index (χ1v) is 7.47. The predicted molar refractivity (Wildman–Crippen MR) is 81.1 cm³/mol. The van der Waals surface area contributed by atoms with Crippen LogP contribution < -0.4 is 5.32 Å². The summed E-state index contributed by atoms with van der Waals surface area (Å²) in [6.45, 7) is 2.04. The van der Waals surface area contributed by atoms with Gasteiger partial charge in [0.15, 0.2) is 0 Å². The standard InChI is InChI=1S/C18H19F2N/c19-17-4-1-14(2-5-17)15-3-6-18(20)16(12-15)11-13-7-9-21-10-8-13/h1-6,12-13,21H,7-11H2. The average Bonchev–Trinajstić information content (AvgIpc) is 2.51. The van der Waals surface area contributed by atoms with Crippen LogP contribution >= 0.6 is 0 Å². The molecule has 0 radical (unpaired) electrons. The largest absolute Gasteiger partial charge is 0.317 e. The van der Waals surface area contributed by atoms with Crippen LogP contribution in [0.25, 0.3) is 11.1 Å². The van der Waals surface area contributed by atoms with Crippen molar-refractivity contribution in [3.05, 3.63) is 59.7 Å². The Kier molecular flexibility index (Phi) is 4.30. The number of hydrogen-bond donors (Lipinski definition) is 1. The van der Waals surface area contributed by atoms with Gasteiger partial charge in [0.25, 0.3) is 0 Å². The second kappa shape index (κ2) is 6.35. The van der Waals surface area contributed by atoms with Gasteiger partial charge in [0, 0.05) is 0 Å². The third-order valence-electron chi connectivity index (χ3n) is 4.19. The number of benzene rings is 2. The zero-order valence-electron chi connectivity index (χ0n) is 11.9. The Bertz CT molecular complexity index is 601. The summed E-state index contributed by atoms with van der Waals surface area (Å²) in [6.07, 6.45) is 2.98. The van der Waals surface area contributed by atoms with Crippen molar-refractivity contribution in [2.24, 2.45) is 5.92 Å². The van der Waals surface area contributed by atoms with Crippen molar-refractivity contribution in [3.8, 4) is 11.1 Å². The molecular weight excluding hydrogens is 268 g/mol. The minimum Gasteiger partial charge on any atom is -0.317 e. The highest BCUT2D eigenvalue weighted by molar-refractivity contribution is 5.64. The Balaban J connectivity index is 1.83. The predicted octanol–water partition coefficient (Wildman–Crippen LogP) is 4.17. The monoisotopic (exact) mass is 287 g/mol. The van der Waals surface area contributed by atoms with Crippen molar-refractivity contribution in [2.75, 3.05) is 13.1 Å². The molecule has 1 aliphatic heterocycles. The van der Waals surface area contributed by atoms with Gasteiger partial charge in [-0.1, -0.05) is 18.2 Å². The number of nitrogens with one attached hydrogen (secondary N) is 1. The lowest BCUT2D eigenvalue weighted by molar-refractivity contribution is 0.368. The molecule has 0 amide bonds. The van der Waals surface area contributed by atoms with E-state index in [1.165, 1.54) is 18.2 Å². The maximum absolute atomic E-state index is 14.0. The van der Waals surface area contributed by atoms with Crippen molar-refractivity contribution in [1.29, 1.82) is 0 Å². The fraction of sp³-hybridized carbons (Fsp3) is 0.333. The first-order valence-electron chi connectivity index (χ1n) is 7.47. The first kappa shape index (κ1) is 14.2. The highest BCUT2D eigenvalue weighted by atomic mass is 19.1. The summed E-state index contributed by atoms with van der Waals surface area (Å²) in [7, 11) is 0. The molecule has 1 aliphatic rings. The van der Waals surface area contributed by atoms with E-state index >= 15 is 0 Å².